The molecule has 1 aromatic rings. The van der Waals surface area contributed by atoms with E-state index in [2.05, 4.69) is 4.98 Å². The number of aliphatic hydroxyl groups is 1. The highest BCUT2D eigenvalue weighted by atomic mass is 16.2. The lowest BCUT2D eigenvalue weighted by Crippen LogP contribution is -2.27. The molecule has 17 heavy (non-hydrogen) atoms. The Morgan fingerprint density at radius 2 is 2.18 bits per heavy atom. The van der Waals surface area contributed by atoms with Crippen LogP contribution < -0.4 is 5.73 Å². The highest BCUT2D eigenvalue weighted by molar-refractivity contribution is 5.93. The summed E-state index contributed by atoms with van der Waals surface area (Å²) in [6, 6.07) is 3.29. The third-order valence-electron chi connectivity index (χ3n) is 2.53. The molecule has 5 heteroatoms. The lowest BCUT2D eigenvalue weighted by atomic mass is 10.2. The zero-order valence-corrected chi connectivity index (χ0v) is 10.1. The van der Waals surface area contributed by atoms with Crippen LogP contribution in [-0.4, -0.2) is 41.1 Å². The largest absolute Gasteiger partial charge is 0.396 e. The lowest BCUT2D eigenvalue weighted by Gasteiger charge is -2.16. The van der Waals surface area contributed by atoms with E-state index in [0.29, 0.717) is 17.9 Å². The van der Waals surface area contributed by atoms with E-state index in [1.807, 2.05) is 0 Å². The SMILES string of the molecule is CN(CCCCCO)C(=O)c1ccc(N)nc1. The minimum Gasteiger partial charge on any atom is -0.396 e. The van der Waals surface area contributed by atoms with E-state index in [9.17, 15) is 4.79 Å². The number of aromatic nitrogens is 1. The smallest absolute Gasteiger partial charge is 0.255 e. The molecule has 1 heterocycles. The fourth-order valence-corrected chi connectivity index (χ4v) is 1.49. The molecular weight excluding hydrogens is 218 g/mol. The summed E-state index contributed by atoms with van der Waals surface area (Å²) in [7, 11) is 1.76. The summed E-state index contributed by atoms with van der Waals surface area (Å²) in [4.78, 5) is 17.5. The number of hydrogen-bond donors (Lipinski definition) is 2. The maximum absolute atomic E-state index is 11.9. The van der Waals surface area contributed by atoms with Gasteiger partial charge in [0.05, 0.1) is 5.56 Å². The summed E-state index contributed by atoms with van der Waals surface area (Å²) in [6.45, 7) is 0.892. The van der Waals surface area contributed by atoms with E-state index < -0.39 is 0 Å². The fourth-order valence-electron chi connectivity index (χ4n) is 1.49. The van der Waals surface area contributed by atoms with E-state index in [1.54, 1.807) is 24.1 Å². The maximum Gasteiger partial charge on any atom is 0.255 e. The summed E-state index contributed by atoms with van der Waals surface area (Å²) in [5, 5.41) is 8.64. The van der Waals surface area contributed by atoms with Crippen molar-refractivity contribution in [2.75, 3.05) is 25.9 Å². The van der Waals surface area contributed by atoms with Crippen LogP contribution in [0.1, 0.15) is 29.6 Å². The van der Waals surface area contributed by atoms with Crippen molar-refractivity contribution in [1.29, 1.82) is 0 Å². The number of anilines is 1. The molecule has 3 N–H and O–H groups in total. The van der Waals surface area contributed by atoms with Crippen molar-refractivity contribution in [3.63, 3.8) is 0 Å². The van der Waals surface area contributed by atoms with Crippen molar-refractivity contribution in [2.45, 2.75) is 19.3 Å². The number of unbranched alkanes of at least 4 members (excludes halogenated alkanes) is 2. The quantitative estimate of drug-likeness (QED) is 0.720. The van der Waals surface area contributed by atoms with Crippen LogP contribution in [0.3, 0.4) is 0 Å². The molecule has 1 amide bonds. The highest BCUT2D eigenvalue weighted by Gasteiger charge is 2.11. The number of nitrogen functional groups attached to an aromatic ring is 1. The van der Waals surface area contributed by atoms with Crippen LogP contribution >= 0.6 is 0 Å². The first-order valence-electron chi connectivity index (χ1n) is 5.73. The minimum absolute atomic E-state index is 0.0542. The number of amides is 1. The predicted molar refractivity (Wildman–Crippen MR) is 66.5 cm³/mol. The van der Waals surface area contributed by atoms with Crippen molar-refractivity contribution in [3.8, 4) is 0 Å². The Morgan fingerprint density at radius 3 is 2.76 bits per heavy atom. The molecule has 0 aliphatic heterocycles. The zero-order valence-electron chi connectivity index (χ0n) is 10.1. The summed E-state index contributed by atoms with van der Waals surface area (Å²) < 4.78 is 0. The van der Waals surface area contributed by atoms with Gasteiger partial charge in [-0.25, -0.2) is 4.98 Å². The van der Waals surface area contributed by atoms with Gasteiger partial charge in [0.25, 0.3) is 5.91 Å². The highest BCUT2D eigenvalue weighted by Crippen LogP contribution is 2.06. The van der Waals surface area contributed by atoms with Crippen LogP contribution in [0.15, 0.2) is 18.3 Å². The van der Waals surface area contributed by atoms with Crippen LogP contribution in [0.2, 0.25) is 0 Å². The average molecular weight is 237 g/mol. The Kier molecular flexibility index (Phi) is 5.42. The first-order chi connectivity index (χ1) is 8.15. The minimum atomic E-state index is -0.0542. The third-order valence-corrected chi connectivity index (χ3v) is 2.53. The normalized spacial score (nSPS) is 10.2. The molecule has 1 aromatic heterocycles. The Labute approximate surface area is 101 Å². The molecule has 5 nitrogen and oxygen atoms in total. The van der Waals surface area contributed by atoms with Crippen LogP contribution in [0.4, 0.5) is 5.82 Å². The Hall–Kier alpha value is -1.62. The number of aliphatic hydroxyl groups excluding tert-OH is 1. The number of rotatable bonds is 6. The van der Waals surface area contributed by atoms with Crippen molar-refractivity contribution in [1.82, 2.24) is 9.88 Å². The van der Waals surface area contributed by atoms with Gasteiger partial charge in [0.15, 0.2) is 0 Å². The molecule has 0 spiro atoms. The van der Waals surface area contributed by atoms with E-state index in [-0.39, 0.29) is 12.5 Å². The lowest BCUT2D eigenvalue weighted by molar-refractivity contribution is 0.0792. The Balaban J connectivity index is 2.43. The molecule has 0 saturated carbocycles. The van der Waals surface area contributed by atoms with Gasteiger partial charge >= 0.3 is 0 Å². The van der Waals surface area contributed by atoms with Gasteiger partial charge < -0.3 is 15.7 Å². The molecule has 0 radical (unpaired) electrons. The van der Waals surface area contributed by atoms with Gasteiger partial charge in [-0.1, -0.05) is 0 Å². The molecule has 0 fully saturated rings. The van der Waals surface area contributed by atoms with E-state index in [1.165, 1.54) is 6.20 Å². The fraction of sp³-hybridized carbons (Fsp3) is 0.500. The van der Waals surface area contributed by atoms with Crippen LogP contribution in [0.5, 0.6) is 0 Å². The van der Waals surface area contributed by atoms with Crippen LogP contribution in [0, 0.1) is 0 Å². The predicted octanol–water partition coefficient (Wildman–Crippen LogP) is 0.898. The van der Waals surface area contributed by atoms with Gasteiger partial charge in [-0.3, -0.25) is 4.79 Å². The molecule has 0 atom stereocenters. The molecular formula is C12H19N3O2. The van der Waals surface area contributed by atoms with Crippen molar-refractivity contribution in [2.24, 2.45) is 0 Å². The molecule has 0 aliphatic rings. The summed E-state index contributed by atoms with van der Waals surface area (Å²) >= 11 is 0. The number of pyridine rings is 1. The number of hydrogen-bond acceptors (Lipinski definition) is 4. The molecule has 1 rings (SSSR count). The Bertz CT molecular complexity index is 351. The molecule has 0 saturated heterocycles. The van der Waals surface area contributed by atoms with E-state index >= 15 is 0 Å². The average Bonchev–Trinajstić information content (AvgIpc) is 2.34. The van der Waals surface area contributed by atoms with Crippen molar-refractivity contribution in [3.05, 3.63) is 23.9 Å². The summed E-state index contributed by atoms with van der Waals surface area (Å²) in [6.07, 6.45) is 4.09. The van der Waals surface area contributed by atoms with Gasteiger partial charge in [0.1, 0.15) is 5.82 Å². The first-order valence-corrected chi connectivity index (χ1v) is 5.73. The monoisotopic (exact) mass is 237 g/mol. The first kappa shape index (κ1) is 13.4. The molecule has 0 aliphatic carbocycles. The number of nitrogens with two attached hydrogens (primary N) is 1. The zero-order chi connectivity index (χ0) is 12.7. The van der Waals surface area contributed by atoms with Gasteiger partial charge in [-0.05, 0) is 31.4 Å². The third kappa shape index (κ3) is 4.40. The molecule has 0 aromatic carbocycles. The number of nitrogens with zero attached hydrogens (tertiary/aromatic N) is 2. The van der Waals surface area contributed by atoms with E-state index in [4.69, 9.17) is 10.8 Å². The summed E-state index contributed by atoms with van der Waals surface area (Å²) in [5.74, 6) is 0.355. The maximum atomic E-state index is 11.9. The van der Waals surface area contributed by atoms with E-state index in [0.717, 1.165) is 19.3 Å². The van der Waals surface area contributed by atoms with Gasteiger partial charge in [0, 0.05) is 26.4 Å². The molecule has 0 bridgehead atoms. The van der Waals surface area contributed by atoms with Gasteiger partial charge in [-0.2, -0.15) is 0 Å². The topological polar surface area (TPSA) is 79.5 Å². The van der Waals surface area contributed by atoms with Crippen molar-refractivity contribution < 1.29 is 9.90 Å². The second-order valence-electron chi connectivity index (χ2n) is 3.98. The number of carbonyl (C=O) groups excluding carboxylic acids is 1. The number of carbonyl (C=O) groups is 1. The standard InChI is InChI=1S/C12H19N3O2/c1-15(7-3-2-4-8-16)12(17)10-5-6-11(13)14-9-10/h5-6,9,16H,2-4,7-8H2,1H3,(H2,13,14). The van der Waals surface area contributed by atoms with Crippen LogP contribution in [0.25, 0.3) is 0 Å². The van der Waals surface area contributed by atoms with Crippen LogP contribution in [-0.2, 0) is 0 Å². The van der Waals surface area contributed by atoms with Crippen molar-refractivity contribution >= 4 is 11.7 Å². The second-order valence-corrected chi connectivity index (χ2v) is 3.98. The Morgan fingerprint density at radius 1 is 1.41 bits per heavy atom. The van der Waals surface area contributed by atoms with Gasteiger partial charge in [0.2, 0.25) is 0 Å². The van der Waals surface area contributed by atoms with Gasteiger partial charge in [-0.15, -0.1) is 0 Å². The molecule has 0 unspecified atom stereocenters. The second kappa shape index (κ2) is 6.85. The summed E-state index contributed by atoms with van der Waals surface area (Å²) in [5.41, 5.74) is 6.00. The molecule has 94 valence electrons.